The Kier molecular flexibility index (Phi) is 6.37. The topological polar surface area (TPSA) is 93.9 Å². The molecule has 3 N–H and O–H groups in total. The van der Waals surface area contributed by atoms with Gasteiger partial charge in [-0.2, -0.15) is 8.78 Å². The Morgan fingerprint density at radius 2 is 2.00 bits per heavy atom. The van der Waals surface area contributed by atoms with Gasteiger partial charge in [-0.05, 0) is 25.0 Å². The van der Waals surface area contributed by atoms with E-state index in [-0.39, 0.29) is 35.8 Å². The number of piperidine rings is 1. The van der Waals surface area contributed by atoms with Crippen LogP contribution in [-0.2, 0) is 9.59 Å². The Morgan fingerprint density at radius 1 is 1.32 bits per heavy atom. The first-order valence-corrected chi connectivity index (χ1v) is 7.84. The van der Waals surface area contributed by atoms with Gasteiger partial charge in [0.15, 0.2) is 11.5 Å². The van der Waals surface area contributed by atoms with E-state index in [0.717, 1.165) is 0 Å². The molecule has 0 aliphatic carbocycles. The molecule has 0 radical (unpaired) electrons. The second kappa shape index (κ2) is 8.50. The Bertz CT molecular complexity index is 619. The Morgan fingerprint density at radius 3 is 2.56 bits per heavy atom. The van der Waals surface area contributed by atoms with Gasteiger partial charge in [0.2, 0.25) is 11.8 Å². The van der Waals surface area contributed by atoms with E-state index < -0.39 is 6.61 Å². The van der Waals surface area contributed by atoms with Gasteiger partial charge in [0.25, 0.3) is 0 Å². The number of rotatable bonds is 7. The van der Waals surface area contributed by atoms with E-state index in [9.17, 15) is 18.4 Å². The van der Waals surface area contributed by atoms with Gasteiger partial charge in [-0.1, -0.05) is 0 Å². The maximum atomic E-state index is 12.4. The molecule has 1 heterocycles. The third kappa shape index (κ3) is 5.20. The summed E-state index contributed by atoms with van der Waals surface area (Å²) in [6, 6.07) is 4.42. The average Bonchev–Trinajstić information content (AvgIpc) is 2.59. The molecule has 1 aromatic carbocycles. The van der Waals surface area contributed by atoms with Gasteiger partial charge in [0.1, 0.15) is 0 Å². The maximum absolute atomic E-state index is 12.4. The first-order chi connectivity index (χ1) is 11.9. The number of alkyl halides is 2. The van der Waals surface area contributed by atoms with E-state index in [4.69, 9.17) is 10.5 Å². The lowest BCUT2D eigenvalue weighted by Gasteiger charge is -2.30. The number of carbonyl (C=O) groups excluding carboxylic acids is 2. The monoisotopic (exact) mass is 357 g/mol. The van der Waals surface area contributed by atoms with Crippen LogP contribution in [0.15, 0.2) is 18.2 Å². The molecule has 2 amide bonds. The molecular formula is C16H21F2N3O4. The number of hydrogen-bond donors (Lipinski definition) is 2. The Balaban J connectivity index is 1.90. The van der Waals surface area contributed by atoms with Crippen molar-refractivity contribution >= 4 is 17.5 Å². The summed E-state index contributed by atoms with van der Waals surface area (Å²) in [7, 11) is 1.35. The number of ether oxygens (including phenoxy) is 2. The van der Waals surface area contributed by atoms with Crippen molar-refractivity contribution in [3.05, 3.63) is 18.2 Å². The molecule has 2 rings (SSSR count). The van der Waals surface area contributed by atoms with E-state index in [1.165, 1.54) is 19.2 Å². The van der Waals surface area contributed by atoms with Crippen LogP contribution in [0.25, 0.3) is 0 Å². The quantitative estimate of drug-likeness (QED) is 0.770. The summed E-state index contributed by atoms with van der Waals surface area (Å²) < 4.78 is 34.2. The number of amides is 2. The highest BCUT2D eigenvalue weighted by Gasteiger charge is 2.25. The van der Waals surface area contributed by atoms with Crippen molar-refractivity contribution in [1.29, 1.82) is 0 Å². The highest BCUT2D eigenvalue weighted by molar-refractivity contribution is 5.82. The maximum Gasteiger partial charge on any atom is 0.387 e. The van der Waals surface area contributed by atoms with E-state index >= 15 is 0 Å². The van der Waals surface area contributed by atoms with Crippen LogP contribution in [0.2, 0.25) is 0 Å². The number of primary amides is 1. The molecule has 9 heteroatoms. The summed E-state index contributed by atoms with van der Waals surface area (Å²) in [4.78, 5) is 25.0. The molecule has 0 atom stereocenters. The first-order valence-electron chi connectivity index (χ1n) is 7.84. The molecule has 138 valence electrons. The zero-order chi connectivity index (χ0) is 18.4. The van der Waals surface area contributed by atoms with Gasteiger partial charge >= 0.3 is 6.61 Å². The smallest absolute Gasteiger partial charge is 0.387 e. The van der Waals surface area contributed by atoms with Crippen LogP contribution in [0.3, 0.4) is 0 Å². The minimum atomic E-state index is -2.97. The summed E-state index contributed by atoms with van der Waals surface area (Å²) in [5.74, 6) is -0.611. The normalized spacial score (nSPS) is 15.1. The largest absolute Gasteiger partial charge is 0.493 e. The van der Waals surface area contributed by atoms with Crippen molar-refractivity contribution in [1.82, 2.24) is 4.90 Å². The van der Waals surface area contributed by atoms with Crippen LogP contribution >= 0.6 is 0 Å². The van der Waals surface area contributed by atoms with Crippen LogP contribution < -0.4 is 20.5 Å². The number of likely N-dealkylation sites (tertiary alicyclic amines) is 1. The molecule has 1 fully saturated rings. The molecule has 0 unspecified atom stereocenters. The summed E-state index contributed by atoms with van der Waals surface area (Å²) >= 11 is 0. The number of nitrogens with one attached hydrogen (secondary N) is 1. The number of nitrogens with zero attached hydrogens (tertiary/aromatic N) is 1. The lowest BCUT2D eigenvalue weighted by Crippen LogP contribution is -2.43. The highest BCUT2D eigenvalue weighted by atomic mass is 19.3. The van der Waals surface area contributed by atoms with Gasteiger partial charge < -0.3 is 25.4 Å². The van der Waals surface area contributed by atoms with Crippen molar-refractivity contribution in [3.8, 4) is 11.5 Å². The van der Waals surface area contributed by atoms with Crippen LogP contribution in [0, 0.1) is 5.92 Å². The molecular weight excluding hydrogens is 336 g/mol. The molecule has 0 spiro atoms. The first kappa shape index (κ1) is 18.8. The van der Waals surface area contributed by atoms with Gasteiger partial charge in [0.05, 0.1) is 13.7 Å². The minimum absolute atomic E-state index is 0.00167. The zero-order valence-corrected chi connectivity index (χ0v) is 13.8. The van der Waals surface area contributed by atoms with E-state index in [1.54, 1.807) is 11.0 Å². The predicted octanol–water partition coefficient (Wildman–Crippen LogP) is 1.43. The van der Waals surface area contributed by atoms with Gasteiger partial charge in [-0.25, -0.2) is 0 Å². The lowest BCUT2D eigenvalue weighted by molar-refractivity contribution is -0.133. The summed E-state index contributed by atoms with van der Waals surface area (Å²) in [5.41, 5.74) is 5.72. The third-order valence-electron chi connectivity index (χ3n) is 4.07. The molecule has 0 saturated carbocycles. The fraction of sp³-hybridized carbons (Fsp3) is 0.500. The van der Waals surface area contributed by atoms with Gasteiger partial charge in [-0.3, -0.25) is 9.59 Å². The lowest BCUT2D eigenvalue weighted by atomic mass is 9.96. The van der Waals surface area contributed by atoms with Crippen molar-refractivity contribution in [2.24, 2.45) is 11.7 Å². The molecule has 1 saturated heterocycles. The minimum Gasteiger partial charge on any atom is -0.493 e. The summed E-state index contributed by atoms with van der Waals surface area (Å²) in [6.07, 6.45) is 1.10. The van der Waals surface area contributed by atoms with E-state index in [1.807, 2.05) is 0 Å². The van der Waals surface area contributed by atoms with Crippen LogP contribution in [0.4, 0.5) is 14.5 Å². The fourth-order valence-corrected chi connectivity index (χ4v) is 2.68. The molecule has 7 nitrogen and oxygen atoms in total. The number of halogens is 2. The second-order valence-corrected chi connectivity index (χ2v) is 5.66. The molecule has 0 bridgehead atoms. The second-order valence-electron chi connectivity index (χ2n) is 5.66. The number of nitrogens with two attached hydrogens (primary N) is 1. The predicted molar refractivity (Wildman–Crippen MR) is 86.6 cm³/mol. The molecule has 1 aromatic rings. The van der Waals surface area contributed by atoms with Gasteiger partial charge in [0, 0.05) is 30.8 Å². The van der Waals surface area contributed by atoms with E-state index in [0.29, 0.717) is 31.6 Å². The third-order valence-corrected chi connectivity index (χ3v) is 4.07. The number of hydrogen-bond acceptors (Lipinski definition) is 5. The molecule has 0 aromatic heterocycles. The van der Waals surface area contributed by atoms with Crippen molar-refractivity contribution in [2.75, 3.05) is 32.1 Å². The molecule has 1 aliphatic heterocycles. The zero-order valence-electron chi connectivity index (χ0n) is 13.8. The van der Waals surface area contributed by atoms with Crippen molar-refractivity contribution in [3.63, 3.8) is 0 Å². The van der Waals surface area contributed by atoms with E-state index in [2.05, 4.69) is 10.1 Å². The summed E-state index contributed by atoms with van der Waals surface area (Å²) in [6.45, 7) is -2.04. The van der Waals surface area contributed by atoms with Crippen LogP contribution in [0.1, 0.15) is 12.8 Å². The molecule has 1 aliphatic rings. The Hall–Kier alpha value is -2.58. The van der Waals surface area contributed by atoms with Crippen LogP contribution in [0.5, 0.6) is 11.5 Å². The van der Waals surface area contributed by atoms with Crippen LogP contribution in [-0.4, -0.2) is 50.1 Å². The average molecular weight is 357 g/mol. The standard InChI is InChI=1S/C16H21F2N3O4/c1-24-12-3-2-11(8-13(12)25-16(17)18)20-9-14(22)21-6-4-10(5-7-21)15(19)23/h2-3,8,10,16,20H,4-7,9H2,1H3,(H2,19,23). The van der Waals surface area contributed by atoms with Crippen molar-refractivity contribution in [2.45, 2.75) is 19.5 Å². The van der Waals surface area contributed by atoms with Crippen molar-refractivity contribution < 1.29 is 27.8 Å². The SMILES string of the molecule is COc1ccc(NCC(=O)N2CCC(C(N)=O)CC2)cc1OC(F)F. The van der Waals surface area contributed by atoms with Gasteiger partial charge in [-0.15, -0.1) is 0 Å². The highest BCUT2D eigenvalue weighted by Crippen LogP contribution is 2.31. The number of methoxy groups -OCH3 is 1. The number of carbonyl (C=O) groups is 2. The number of anilines is 1. The fourth-order valence-electron chi connectivity index (χ4n) is 2.68. The number of benzene rings is 1. The molecule has 25 heavy (non-hydrogen) atoms. The summed E-state index contributed by atoms with van der Waals surface area (Å²) in [5, 5.41) is 2.88. The Labute approximate surface area is 144 Å².